The van der Waals surface area contributed by atoms with Gasteiger partial charge in [0.1, 0.15) is 17.4 Å². The zero-order valence-electron chi connectivity index (χ0n) is 13.6. The molecule has 1 aliphatic heterocycles. The number of pyridine rings is 1. The first-order valence-corrected chi connectivity index (χ1v) is 7.93. The van der Waals surface area contributed by atoms with Crippen molar-refractivity contribution in [3.05, 3.63) is 54.0 Å². The van der Waals surface area contributed by atoms with Crippen LogP contribution in [0.4, 0.5) is 10.2 Å². The van der Waals surface area contributed by atoms with Gasteiger partial charge in [0.25, 0.3) is 0 Å². The number of piperazine rings is 1. The molecule has 0 N–H and O–H groups in total. The summed E-state index contributed by atoms with van der Waals surface area (Å²) in [5.74, 6) is 1.09. The van der Waals surface area contributed by atoms with E-state index in [1.165, 1.54) is 19.2 Å². The number of rotatable bonds is 4. The average Bonchev–Trinajstić information content (AvgIpc) is 2.63. The minimum absolute atomic E-state index is 0.0143. The van der Waals surface area contributed by atoms with Gasteiger partial charge in [-0.15, -0.1) is 0 Å². The number of carbonyl (C=O) groups is 1. The van der Waals surface area contributed by atoms with Crippen LogP contribution < -0.4 is 9.64 Å². The van der Waals surface area contributed by atoms with E-state index in [-0.39, 0.29) is 18.1 Å². The lowest BCUT2D eigenvalue weighted by Crippen LogP contribution is -2.49. The minimum atomic E-state index is -0.362. The molecule has 1 aromatic carbocycles. The van der Waals surface area contributed by atoms with E-state index in [4.69, 9.17) is 4.74 Å². The first kappa shape index (κ1) is 16.2. The van der Waals surface area contributed by atoms with Crippen LogP contribution in [-0.2, 0) is 11.2 Å². The number of amides is 1. The number of hydrogen-bond donors (Lipinski definition) is 0. The Kier molecular flexibility index (Phi) is 4.93. The molecule has 0 atom stereocenters. The lowest BCUT2D eigenvalue weighted by Gasteiger charge is -2.35. The van der Waals surface area contributed by atoms with Crippen LogP contribution in [0.25, 0.3) is 0 Å². The average molecular weight is 329 g/mol. The second-order valence-corrected chi connectivity index (χ2v) is 5.69. The Balaban J connectivity index is 1.61. The van der Waals surface area contributed by atoms with Gasteiger partial charge in [0.05, 0.1) is 13.5 Å². The Morgan fingerprint density at radius 2 is 2.00 bits per heavy atom. The van der Waals surface area contributed by atoms with Crippen molar-refractivity contribution in [2.45, 2.75) is 6.42 Å². The molecule has 5 nitrogen and oxygen atoms in total. The smallest absolute Gasteiger partial charge is 0.227 e. The number of hydrogen-bond acceptors (Lipinski definition) is 4. The van der Waals surface area contributed by atoms with E-state index in [9.17, 15) is 9.18 Å². The molecule has 1 amide bonds. The molecular formula is C18H20FN3O2. The molecule has 0 aliphatic carbocycles. The van der Waals surface area contributed by atoms with Crippen molar-refractivity contribution in [1.29, 1.82) is 0 Å². The number of methoxy groups -OCH3 is 1. The van der Waals surface area contributed by atoms with Gasteiger partial charge in [-0.1, -0.05) is 6.07 Å². The highest BCUT2D eigenvalue weighted by Gasteiger charge is 2.22. The number of carbonyl (C=O) groups excluding carboxylic acids is 1. The van der Waals surface area contributed by atoms with E-state index in [0.717, 1.165) is 18.9 Å². The van der Waals surface area contributed by atoms with Gasteiger partial charge in [0, 0.05) is 37.9 Å². The van der Waals surface area contributed by atoms with Crippen LogP contribution >= 0.6 is 0 Å². The molecule has 1 aliphatic rings. The van der Waals surface area contributed by atoms with Crippen LogP contribution in [0, 0.1) is 5.82 Å². The fourth-order valence-corrected chi connectivity index (χ4v) is 2.89. The summed E-state index contributed by atoms with van der Waals surface area (Å²) < 4.78 is 18.6. The predicted molar refractivity (Wildman–Crippen MR) is 89.7 cm³/mol. The van der Waals surface area contributed by atoms with E-state index in [2.05, 4.69) is 9.88 Å². The van der Waals surface area contributed by atoms with Crippen LogP contribution in [0.2, 0.25) is 0 Å². The molecule has 1 fully saturated rings. The summed E-state index contributed by atoms with van der Waals surface area (Å²) in [6, 6.07) is 10.1. The molecular weight excluding hydrogens is 309 g/mol. The number of halogens is 1. The third-order valence-electron chi connectivity index (χ3n) is 4.19. The first-order chi connectivity index (χ1) is 11.7. The van der Waals surface area contributed by atoms with E-state index < -0.39 is 0 Å². The fourth-order valence-electron chi connectivity index (χ4n) is 2.89. The molecule has 24 heavy (non-hydrogen) atoms. The Hall–Kier alpha value is -2.63. The molecule has 1 saturated heterocycles. The summed E-state index contributed by atoms with van der Waals surface area (Å²) >= 11 is 0. The number of nitrogens with zero attached hydrogens (tertiary/aromatic N) is 3. The Labute approximate surface area is 140 Å². The van der Waals surface area contributed by atoms with Gasteiger partial charge in [0.15, 0.2) is 0 Å². The molecule has 0 bridgehead atoms. The summed E-state index contributed by atoms with van der Waals surface area (Å²) in [5.41, 5.74) is 0.578. The van der Waals surface area contributed by atoms with Crippen LogP contribution in [0.1, 0.15) is 5.56 Å². The highest BCUT2D eigenvalue weighted by Crippen LogP contribution is 2.21. The van der Waals surface area contributed by atoms with Crippen molar-refractivity contribution in [3.8, 4) is 5.75 Å². The number of anilines is 1. The molecule has 1 aromatic heterocycles. The lowest BCUT2D eigenvalue weighted by atomic mass is 10.1. The molecule has 2 aromatic rings. The van der Waals surface area contributed by atoms with Crippen LogP contribution in [0.5, 0.6) is 5.75 Å². The normalized spacial score (nSPS) is 14.6. The molecule has 6 heteroatoms. The summed E-state index contributed by atoms with van der Waals surface area (Å²) in [5, 5.41) is 0. The van der Waals surface area contributed by atoms with Crippen molar-refractivity contribution in [3.63, 3.8) is 0 Å². The number of aromatic nitrogens is 1. The zero-order chi connectivity index (χ0) is 16.9. The Morgan fingerprint density at radius 3 is 2.67 bits per heavy atom. The number of ether oxygens (including phenoxy) is 1. The SMILES string of the molecule is COc1ccc(F)cc1CC(=O)N1CCN(c2ccccn2)CC1. The predicted octanol–water partition coefficient (Wildman–Crippen LogP) is 2.12. The maximum atomic E-state index is 13.4. The molecule has 0 spiro atoms. The second-order valence-electron chi connectivity index (χ2n) is 5.69. The molecule has 0 unspecified atom stereocenters. The van der Waals surface area contributed by atoms with Gasteiger partial charge in [0.2, 0.25) is 5.91 Å². The van der Waals surface area contributed by atoms with E-state index in [0.29, 0.717) is 24.4 Å². The second kappa shape index (κ2) is 7.29. The lowest BCUT2D eigenvalue weighted by molar-refractivity contribution is -0.130. The zero-order valence-corrected chi connectivity index (χ0v) is 13.6. The summed E-state index contributed by atoms with van der Waals surface area (Å²) in [6.45, 7) is 2.74. The van der Waals surface area contributed by atoms with Crippen LogP contribution in [-0.4, -0.2) is 49.1 Å². The van der Waals surface area contributed by atoms with Gasteiger partial charge < -0.3 is 14.5 Å². The van der Waals surface area contributed by atoms with Gasteiger partial charge in [-0.25, -0.2) is 9.37 Å². The number of benzene rings is 1. The third-order valence-corrected chi connectivity index (χ3v) is 4.19. The van der Waals surface area contributed by atoms with E-state index in [1.54, 1.807) is 12.3 Å². The quantitative estimate of drug-likeness (QED) is 0.862. The Bertz CT molecular complexity index is 701. The minimum Gasteiger partial charge on any atom is -0.496 e. The standard InChI is InChI=1S/C18H20FN3O2/c1-24-16-6-5-15(19)12-14(16)13-18(23)22-10-8-21(9-11-22)17-4-2-3-7-20-17/h2-7,12H,8-11,13H2,1H3. The Morgan fingerprint density at radius 1 is 1.21 bits per heavy atom. The van der Waals surface area contributed by atoms with Crippen molar-refractivity contribution in [1.82, 2.24) is 9.88 Å². The van der Waals surface area contributed by atoms with E-state index >= 15 is 0 Å². The summed E-state index contributed by atoms with van der Waals surface area (Å²) in [4.78, 5) is 20.8. The maximum Gasteiger partial charge on any atom is 0.227 e. The topological polar surface area (TPSA) is 45.7 Å². The largest absolute Gasteiger partial charge is 0.496 e. The summed E-state index contributed by atoms with van der Waals surface area (Å²) in [6.07, 6.45) is 1.91. The molecule has 0 saturated carbocycles. The van der Waals surface area contributed by atoms with Crippen molar-refractivity contribution >= 4 is 11.7 Å². The first-order valence-electron chi connectivity index (χ1n) is 7.93. The van der Waals surface area contributed by atoms with Gasteiger partial charge in [-0.2, -0.15) is 0 Å². The van der Waals surface area contributed by atoms with Crippen molar-refractivity contribution in [2.75, 3.05) is 38.2 Å². The van der Waals surface area contributed by atoms with Crippen molar-refractivity contribution < 1.29 is 13.9 Å². The highest BCUT2D eigenvalue weighted by molar-refractivity contribution is 5.79. The maximum absolute atomic E-state index is 13.4. The van der Waals surface area contributed by atoms with Crippen molar-refractivity contribution in [2.24, 2.45) is 0 Å². The molecule has 126 valence electrons. The molecule has 2 heterocycles. The van der Waals surface area contributed by atoms with E-state index in [1.807, 2.05) is 23.1 Å². The fraction of sp³-hybridized carbons (Fsp3) is 0.333. The van der Waals surface area contributed by atoms with Gasteiger partial charge >= 0.3 is 0 Å². The van der Waals surface area contributed by atoms with Crippen LogP contribution in [0.15, 0.2) is 42.6 Å². The molecule has 0 radical (unpaired) electrons. The van der Waals surface area contributed by atoms with Gasteiger partial charge in [-0.05, 0) is 30.3 Å². The monoisotopic (exact) mass is 329 g/mol. The summed E-state index contributed by atoms with van der Waals surface area (Å²) in [7, 11) is 1.52. The van der Waals surface area contributed by atoms with Gasteiger partial charge in [-0.3, -0.25) is 4.79 Å². The molecule has 3 rings (SSSR count). The highest BCUT2D eigenvalue weighted by atomic mass is 19.1. The van der Waals surface area contributed by atoms with Crippen LogP contribution in [0.3, 0.4) is 0 Å². The third kappa shape index (κ3) is 3.64.